The highest BCUT2D eigenvalue weighted by atomic mass is 32.1. The van der Waals surface area contributed by atoms with Crippen LogP contribution in [0.5, 0.6) is 0 Å². The second-order valence-corrected chi connectivity index (χ2v) is 5.14. The molecule has 2 rings (SSSR count). The predicted molar refractivity (Wildman–Crippen MR) is 66.3 cm³/mol. The van der Waals surface area contributed by atoms with Crippen molar-refractivity contribution in [3.05, 3.63) is 22.4 Å². The smallest absolute Gasteiger partial charge is 0.235 e. The number of hydrogen-bond donors (Lipinski definition) is 1. The lowest BCUT2D eigenvalue weighted by molar-refractivity contribution is -0.118. The Labute approximate surface area is 100 Å². The van der Waals surface area contributed by atoms with Crippen LogP contribution in [0.25, 0.3) is 0 Å². The number of rotatable bonds is 5. The zero-order valence-corrected chi connectivity index (χ0v) is 10.4. The number of amides is 1. The van der Waals surface area contributed by atoms with Gasteiger partial charge in [0.25, 0.3) is 0 Å². The van der Waals surface area contributed by atoms with Crippen molar-refractivity contribution in [3.8, 4) is 0 Å². The van der Waals surface area contributed by atoms with Crippen LogP contribution in [0.1, 0.15) is 37.2 Å². The predicted octanol–water partition coefficient (Wildman–Crippen LogP) is 2.37. The van der Waals surface area contributed by atoms with Crippen LogP contribution < -0.4 is 5.32 Å². The van der Waals surface area contributed by atoms with E-state index in [1.54, 1.807) is 11.3 Å². The third-order valence-electron chi connectivity index (χ3n) is 2.87. The van der Waals surface area contributed by atoms with E-state index in [0.717, 1.165) is 6.54 Å². The summed E-state index contributed by atoms with van der Waals surface area (Å²) in [5.74, 6) is 0.148. The van der Waals surface area contributed by atoms with Crippen molar-refractivity contribution in [2.24, 2.45) is 0 Å². The summed E-state index contributed by atoms with van der Waals surface area (Å²) in [5.41, 5.74) is 0. The van der Waals surface area contributed by atoms with Crippen molar-refractivity contribution in [2.45, 2.75) is 32.4 Å². The fraction of sp³-hybridized carbons (Fsp3) is 0.583. The average molecular weight is 238 g/mol. The topological polar surface area (TPSA) is 32.3 Å². The fourth-order valence-corrected chi connectivity index (χ4v) is 2.84. The molecule has 0 bridgehead atoms. The molecule has 0 radical (unpaired) electrons. The van der Waals surface area contributed by atoms with E-state index >= 15 is 0 Å². The first-order valence-electron chi connectivity index (χ1n) is 5.88. The molecule has 1 N–H and O–H groups in total. The monoisotopic (exact) mass is 238 g/mol. The van der Waals surface area contributed by atoms with E-state index in [1.807, 2.05) is 6.07 Å². The zero-order valence-electron chi connectivity index (χ0n) is 9.61. The summed E-state index contributed by atoms with van der Waals surface area (Å²) in [6.07, 6.45) is 3.75. The Kier molecular flexibility index (Phi) is 3.96. The minimum absolute atomic E-state index is 0.115. The number of thiophene rings is 1. The largest absolute Gasteiger partial charge is 0.335 e. The average Bonchev–Trinajstić information content (AvgIpc) is 2.87. The molecule has 1 atom stereocenters. The molecule has 3 nitrogen and oxygen atoms in total. The van der Waals surface area contributed by atoms with Gasteiger partial charge in [-0.2, -0.15) is 0 Å². The van der Waals surface area contributed by atoms with E-state index < -0.39 is 0 Å². The Hall–Kier alpha value is -0.870. The van der Waals surface area contributed by atoms with Gasteiger partial charge in [-0.05, 0) is 17.9 Å². The van der Waals surface area contributed by atoms with Gasteiger partial charge in [0.1, 0.15) is 6.17 Å². The summed E-state index contributed by atoms with van der Waals surface area (Å²) >= 11 is 1.71. The molecule has 1 aliphatic heterocycles. The Morgan fingerprint density at radius 1 is 1.56 bits per heavy atom. The Balaban J connectivity index is 1.96. The van der Waals surface area contributed by atoms with E-state index in [4.69, 9.17) is 0 Å². The Bertz CT molecular complexity index is 337. The summed E-state index contributed by atoms with van der Waals surface area (Å²) in [6, 6.07) is 4.13. The molecule has 1 aliphatic rings. The first kappa shape index (κ1) is 11.6. The van der Waals surface area contributed by atoms with Crippen molar-refractivity contribution in [2.75, 3.05) is 13.1 Å². The van der Waals surface area contributed by atoms with Crippen molar-refractivity contribution in [1.29, 1.82) is 0 Å². The molecule has 4 heteroatoms. The fourth-order valence-electron chi connectivity index (χ4n) is 2.04. The number of carbonyl (C=O) groups excluding carboxylic acids is 1. The molecule has 1 saturated heterocycles. The standard InChI is InChI=1S/C12H18N2OS/c1-2-3-4-7-14-9-11(15)13-12(14)10-6-5-8-16-10/h5-6,8,12H,2-4,7,9H2,1H3,(H,13,15)/t12-/m0/s1. The molecule has 0 spiro atoms. The van der Waals surface area contributed by atoms with Gasteiger partial charge in [0.15, 0.2) is 0 Å². The first-order chi connectivity index (χ1) is 7.81. The summed E-state index contributed by atoms with van der Waals surface area (Å²) in [7, 11) is 0. The Morgan fingerprint density at radius 3 is 3.12 bits per heavy atom. The maximum absolute atomic E-state index is 11.4. The number of nitrogens with zero attached hydrogens (tertiary/aromatic N) is 1. The minimum Gasteiger partial charge on any atom is -0.335 e. The SMILES string of the molecule is CCCCCN1CC(=O)N[C@@H]1c1cccs1. The molecule has 1 aromatic rings. The molecule has 2 heterocycles. The van der Waals surface area contributed by atoms with E-state index in [1.165, 1.54) is 24.1 Å². The lowest BCUT2D eigenvalue weighted by Gasteiger charge is -2.21. The third kappa shape index (κ3) is 2.62. The number of hydrogen-bond acceptors (Lipinski definition) is 3. The summed E-state index contributed by atoms with van der Waals surface area (Å²) < 4.78 is 0. The van der Waals surface area contributed by atoms with E-state index in [2.05, 4.69) is 28.6 Å². The van der Waals surface area contributed by atoms with Crippen molar-refractivity contribution in [3.63, 3.8) is 0 Å². The number of carbonyl (C=O) groups is 1. The van der Waals surface area contributed by atoms with Gasteiger partial charge in [0.2, 0.25) is 5.91 Å². The summed E-state index contributed by atoms with van der Waals surface area (Å²) in [5, 5.41) is 5.09. The molecule has 0 saturated carbocycles. The maximum atomic E-state index is 11.4. The maximum Gasteiger partial charge on any atom is 0.235 e. The third-order valence-corrected chi connectivity index (χ3v) is 3.80. The van der Waals surface area contributed by atoms with Crippen molar-refractivity contribution in [1.82, 2.24) is 10.2 Å². The highest BCUT2D eigenvalue weighted by Gasteiger charge is 2.30. The van der Waals surface area contributed by atoms with E-state index in [-0.39, 0.29) is 12.1 Å². The molecule has 1 fully saturated rings. The first-order valence-corrected chi connectivity index (χ1v) is 6.76. The van der Waals surface area contributed by atoms with Gasteiger partial charge in [-0.15, -0.1) is 11.3 Å². The van der Waals surface area contributed by atoms with E-state index in [0.29, 0.717) is 6.54 Å². The molecular formula is C12H18N2OS. The number of nitrogens with one attached hydrogen (secondary N) is 1. The molecule has 16 heavy (non-hydrogen) atoms. The number of unbranched alkanes of at least 4 members (excludes halogenated alkanes) is 2. The van der Waals surface area contributed by atoms with Gasteiger partial charge < -0.3 is 5.32 Å². The second kappa shape index (κ2) is 5.46. The molecule has 1 aromatic heterocycles. The van der Waals surface area contributed by atoms with Crippen LogP contribution in [0.2, 0.25) is 0 Å². The van der Waals surface area contributed by atoms with Crippen molar-refractivity contribution >= 4 is 17.2 Å². The normalized spacial score (nSPS) is 21.3. The minimum atomic E-state index is 0.115. The van der Waals surface area contributed by atoms with Gasteiger partial charge in [-0.25, -0.2) is 0 Å². The quantitative estimate of drug-likeness (QED) is 0.799. The van der Waals surface area contributed by atoms with Crippen molar-refractivity contribution < 1.29 is 4.79 Å². The van der Waals surface area contributed by atoms with Crippen LogP contribution in [-0.2, 0) is 4.79 Å². The van der Waals surface area contributed by atoms with Crippen LogP contribution in [0, 0.1) is 0 Å². The van der Waals surface area contributed by atoms with Crippen LogP contribution >= 0.6 is 11.3 Å². The lowest BCUT2D eigenvalue weighted by atomic mass is 10.2. The van der Waals surface area contributed by atoms with Gasteiger partial charge >= 0.3 is 0 Å². The molecule has 88 valence electrons. The molecule has 0 aliphatic carbocycles. The van der Waals surface area contributed by atoms with Crippen LogP contribution in [0.15, 0.2) is 17.5 Å². The van der Waals surface area contributed by atoms with Gasteiger partial charge in [-0.1, -0.05) is 25.8 Å². The summed E-state index contributed by atoms with van der Waals surface area (Å²) in [6.45, 7) is 3.76. The second-order valence-electron chi connectivity index (χ2n) is 4.16. The van der Waals surface area contributed by atoms with Crippen LogP contribution in [0.4, 0.5) is 0 Å². The molecule has 0 unspecified atom stereocenters. The van der Waals surface area contributed by atoms with Crippen LogP contribution in [-0.4, -0.2) is 23.9 Å². The van der Waals surface area contributed by atoms with Gasteiger partial charge in [0, 0.05) is 11.4 Å². The highest BCUT2D eigenvalue weighted by molar-refractivity contribution is 7.10. The highest BCUT2D eigenvalue weighted by Crippen LogP contribution is 2.26. The van der Waals surface area contributed by atoms with E-state index in [9.17, 15) is 4.79 Å². The molecule has 0 aromatic carbocycles. The lowest BCUT2D eigenvalue weighted by Crippen LogP contribution is -2.27. The Morgan fingerprint density at radius 2 is 2.44 bits per heavy atom. The summed E-state index contributed by atoms with van der Waals surface area (Å²) in [4.78, 5) is 14.9. The van der Waals surface area contributed by atoms with Gasteiger partial charge in [-0.3, -0.25) is 9.69 Å². The molecule has 1 amide bonds. The van der Waals surface area contributed by atoms with Crippen LogP contribution in [0.3, 0.4) is 0 Å². The van der Waals surface area contributed by atoms with Gasteiger partial charge in [0.05, 0.1) is 6.54 Å². The molecular weight excluding hydrogens is 220 g/mol. The zero-order chi connectivity index (χ0) is 11.4.